The smallest absolute Gasteiger partial charge is 0.394 e. The van der Waals surface area contributed by atoms with Crippen LogP contribution in [0.5, 0.6) is 0 Å². The van der Waals surface area contributed by atoms with E-state index in [1.807, 2.05) is 4.98 Å². The molecule has 1 saturated heterocycles. The number of alkyl halides is 3. The summed E-state index contributed by atoms with van der Waals surface area (Å²) in [6.45, 7) is -1.16. The van der Waals surface area contributed by atoms with Crippen LogP contribution in [0, 0.1) is 0 Å². The molecule has 1 aromatic heterocycles. The van der Waals surface area contributed by atoms with Gasteiger partial charge in [-0.2, -0.15) is 13.2 Å². The van der Waals surface area contributed by atoms with E-state index in [9.17, 15) is 37.8 Å². The van der Waals surface area contributed by atoms with Crippen molar-refractivity contribution in [3.63, 3.8) is 0 Å². The molecule has 1 fully saturated rings. The number of hydrogen-bond acceptors (Lipinski definition) is 7. The van der Waals surface area contributed by atoms with Crippen molar-refractivity contribution in [1.29, 1.82) is 0 Å². The Morgan fingerprint density at radius 2 is 2.00 bits per heavy atom. The van der Waals surface area contributed by atoms with Gasteiger partial charge in [-0.25, -0.2) is 4.79 Å². The fourth-order valence-corrected chi connectivity index (χ4v) is 2.36. The number of carbonyl (C=O) groups excluding carboxylic acids is 1. The fourth-order valence-electron chi connectivity index (χ4n) is 2.36. The Morgan fingerprint density at radius 3 is 2.56 bits per heavy atom. The topological polar surface area (TPSA) is 154 Å². The summed E-state index contributed by atoms with van der Waals surface area (Å²) in [6, 6.07) is 0. The number of carbonyl (C=O) groups is 1. The van der Waals surface area contributed by atoms with Crippen molar-refractivity contribution in [1.82, 2.24) is 14.9 Å². The van der Waals surface area contributed by atoms with Crippen LogP contribution < -0.4 is 16.6 Å². The zero-order valence-corrected chi connectivity index (χ0v) is 13.5. The normalized spacial score (nSPS) is 25.9. The Balaban J connectivity index is 2.19. The van der Waals surface area contributed by atoms with Crippen LogP contribution in [-0.4, -0.2) is 68.4 Å². The van der Waals surface area contributed by atoms with Crippen molar-refractivity contribution in [2.24, 2.45) is 0 Å². The second-order valence-electron chi connectivity index (χ2n) is 5.59. The summed E-state index contributed by atoms with van der Waals surface area (Å²) in [5.41, 5.74) is -2.03. The third-order valence-electron chi connectivity index (χ3n) is 3.72. The highest BCUT2D eigenvalue weighted by Gasteiger charge is 2.43. The summed E-state index contributed by atoms with van der Waals surface area (Å²) in [5.74, 6) is -2.16. The summed E-state index contributed by atoms with van der Waals surface area (Å²) < 4.78 is 42.1. The Bertz CT molecular complexity index is 832. The number of nitrogens with one attached hydrogen (secondary N) is 2. The van der Waals surface area contributed by atoms with Gasteiger partial charge in [0.1, 0.15) is 18.3 Å². The fraction of sp³-hybridized carbons (Fsp3) is 0.500. The van der Waals surface area contributed by atoms with Crippen LogP contribution in [0.25, 0.3) is 6.08 Å². The van der Waals surface area contributed by atoms with Crippen LogP contribution in [0.1, 0.15) is 11.8 Å². The summed E-state index contributed by atoms with van der Waals surface area (Å²) in [4.78, 5) is 36.3. The maximum atomic E-state index is 12.1. The summed E-state index contributed by atoms with van der Waals surface area (Å²) in [6.07, 6.45) is -7.60. The van der Waals surface area contributed by atoms with Gasteiger partial charge in [0.05, 0.1) is 12.2 Å². The molecule has 0 spiro atoms. The molecule has 2 heterocycles. The molecule has 27 heavy (non-hydrogen) atoms. The molecule has 1 aromatic rings. The Morgan fingerprint density at radius 1 is 1.33 bits per heavy atom. The van der Waals surface area contributed by atoms with Gasteiger partial charge in [0, 0.05) is 12.7 Å². The first-order chi connectivity index (χ1) is 12.6. The number of halogens is 3. The van der Waals surface area contributed by atoms with E-state index in [4.69, 9.17) is 9.84 Å². The predicted octanol–water partition coefficient (Wildman–Crippen LogP) is -2.16. The molecule has 0 saturated carbocycles. The van der Waals surface area contributed by atoms with Crippen LogP contribution in [0.2, 0.25) is 0 Å². The summed E-state index contributed by atoms with van der Waals surface area (Å²) in [5, 5.41) is 30.3. The maximum Gasteiger partial charge on any atom is 0.471 e. The molecule has 1 aliphatic rings. The monoisotopic (exact) mass is 395 g/mol. The molecule has 2 rings (SSSR count). The van der Waals surface area contributed by atoms with Crippen molar-refractivity contribution in [2.45, 2.75) is 30.7 Å². The van der Waals surface area contributed by atoms with Crippen molar-refractivity contribution in [3.8, 4) is 0 Å². The molecule has 5 N–H and O–H groups in total. The summed E-state index contributed by atoms with van der Waals surface area (Å²) >= 11 is 0. The minimum Gasteiger partial charge on any atom is -0.394 e. The van der Waals surface area contributed by atoms with Crippen LogP contribution >= 0.6 is 0 Å². The number of rotatable bonds is 5. The van der Waals surface area contributed by atoms with Crippen LogP contribution in [-0.2, 0) is 9.53 Å². The third kappa shape index (κ3) is 4.63. The number of aliphatic hydroxyl groups is 3. The van der Waals surface area contributed by atoms with E-state index in [1.165, 1.54) is 0 Å². The molecule has 0 aromatic carbocycles. The van der Waals surface area contributed by atoms with E-state index in [1.54, 1.807) is 5.32 Å². The number of aromatic nitrogens is 2. The molecule has 4 atom stereocenters. The highest BCUT2D eigenvalue weighted by atomic mass is 19.4. The van der Waals surface area contributed by atoms with Crippen molar-refractivity contribution < 1.29 is 38.0 Å². The Hall–Kier alpha value is -2.48. The lowest BCUT2D eigenvalue weighted by Gasteiger charge is -2.17. The number of ether oxygens (including phenoxy) is 1. The number of amides is 1. The molecule has 0 bridgehead atoms. The number of aromatic amines is 1. The molecule has 150 valence electrons. The van der Waals surface area contributed by atoms with Gasteiger partial charge >= 0.3 is 17.8 Å². The van der Waals surface area contributed by atoms with Gasteiger partial charge in [-0.3, -0.25) is 19.1 Å². The highest BCUT2D eigenvalue weighted by molar-refractivity contribution is 5.81. The minimum absolute atomic E-state index is 0.186. The number of hydrogen-bond donors (Lipinski definition) is 5. The lowest BCUT2D eigenvalue weighted by atomic mass is 10.1. The first-order valence-electron chi connectivity index (χ1n) is 7.55. The van der Waals surface area contributed by atoms with Gasteiger partial charge in [0.25, 0.3) is 5.56 Å². The van der Waals surface area contributed by atoms with E-state index in [0.717, 1.165) is 22.9 Å². The van der Waals surface area contributed by atoms with E-state index >= 15 is 0 Å². The molecule has 0 unspecified atom stereocenters. The van der Waals surface area contributed by atoms with Gasteiger partial charge < -0.3 is 25.4 Å². The molecular formula is C14H16F3N3O7. The highest BCUT2D eigenvalue weighted by Crippen LogP contribution is 2.28. The van der Waals surface area contributed by atoms with Crippen LogP contribution in [0.3, 0.4) is 0 Å². The average molecular weight is 395 g/mol. The lowest BCUT2D eigenvalue weighted by molar-refractivity contribution is -0.173. The standard InChI is InChI=1S/C14H16F3N3O7/c15-14(16,17)12(25)18-3-1-2-6-4-20(13(26)19-10(6)24)11-9(23)8(22)7(5-21)27-11/h1-2,4,7-9,11,21-23H,3,5H2,(H,18,25)(H,19,24,26)/t7-,8-,9-,11-/m1/s1. The van der Waals surface area contributed by atoms with Crippen molar-refractivity contribution >= 4 is 12.0 Å². The van der Waals surface area contributed by atoms with Crippen molar-refractivity contribution in [2.75, 3.05) is 13.2 Å². The van der Waals surface area contributed by atoms with Gasteiger partial charge in [-0.05, 0) is 0 Å². The average Bonchev–Trinajstić information content (AvgIpc) is 2.87. The Labute approximate surface area is 148 Å². The Kier molecular flexibility index (Phi) is 6.20. The van der Waals surface area contributed by atoms with Gasteiger partial charge in [0.15, 0.2) is 6.23 Å². The number of aliphatic hydroxyl groups excluding tert-OH is 3. The van der Waals surface area contributed by atoms with E-state index in [0.29, 0.717) is 0 Å². The number of nitrogens with zero attached hydrogens (tertiary/aromatic N) is 1. The zero-order valence-electron chi connectivity index (χ0n) is 13.5. The first kappa shape index (κ1) is 20.8. The van der Waals surface area contributed by atoms with E-state index in [-0.39, 0.29) is 5.56 Å². The third-order valence-corrected chi connectivity index (χ3v) is 3.72. The molecule has 10 nitrogen and oxygen atoms in total. The lowest BCUT2D eigenvalue weighted by Crippen LogP contribution is -2.38. The summed E-state index contributed by atoms with van der Waals surface area (Å²) in [7, 11) is 0. The minimum atomic E-state index is -5.04. The van der Waals surface area contributed by atoms with Crippen molar-refractivity contribution in [3.05, 3.63) is 38.7 Å². The predicted molar refractivity (Wildman–Crippen MR) is 82.4 cm³/mol. The van der Waals surface area contributed by atoms with Gasteiger partial charge in [0.2, 0.25) is 0 Å². The molecule has 13 heteroatoms. The van der Waals surface area contributed by atoms with Crippen LogP contribution in [0.15, 0.2) is 21.9 Å². The second kappa shape index (κ2) is 8.04. The molecule has 1 aliphatic heterocycles. The van der Waals surface area contributed by atoms with Crippen LogP contribution in [0.4, 0.5) is 13.2 Å². The van der Waals surface area contributed by atoms with E-state index in [2.05, 4.69) is 0 Å². The van der Waals surface area contributed by atoms with Gasteiger partial charge in [-0.1, -0.05) is 12.2 Å². The SMILES string of the molecule is O=C(NCC=Cc1cn([C@@H]2O[C@H](CO)[C@@H](O)[C@H]2O)c(=O)[nH]c1=O)C(F)(F)F. The molecule has 0 aliphatic carbocycles. The second-order valence-corrected chi connectivity index (χ2v) is 5.59. The maximum absolute atomic E-state index is 12.1. The number of H-pyrrole nitrogens is 1. The van der Waals surface area contributed by atoms with E-state index < -0.39 is 61.0 Å². The van der Waals surface area contributed by atoms with Gasteiger partial charge in [-0.15, -0.1) is 0 Å². The molecule has 0 radical (unpaired) electrons. The molecule has 1 amide bonds. The first-order valence-corrected chi connectivity index (χ1v) is 7.55. The molecular weight excluding hydrogens is 379 g/mol. The largest absolute Gasteiger partial charge is 0.471 e. The quantitative estimate of drug-likeness (QED) is 0.381. The zero-order chi connectivity index (χ0) is 20.4.